The van der Waals surface area contributed by atoms with E-state index < -0.39 is 15.8 Å². The molecule has 0 aromatic heterocycles. The highest BCUT2D eigenvalue weighted by molar-refractivity contribution is 5.95. The molecule has 0 saturated heterocycles. The zero-order valence-corrected chi connectivity index (χ0v) is 14.8. The zero-order chi connectivity index (χ0) is 20.0. The molecule has 0 aliphatic carbocycles. The zero-order valence-electron chi connectivity index (χ0n) is 14.8. The molecule has 0 atom stereocenters. The topological polar surface area (TPSA) is 131 Å². The molecule has 10 heteroatoms. The van der Waals surface area contributed by atoms with E-state index in [4.69, 9.17) is 0 Å². The standard InChI is InChI=1S/C17H19N5O5/c1-20(2)15-8-3-12(11-16(15)22(26)27)17(23)19-10-9-18-13-4-6-14(7-5-13)21(24)25/h3-8,11,18H,9-10H2,1-2H3,(H,19,23). The molecule has 1 amide bonds. The normalized spacial score (nSPS) is 10.1. The highest BCUT2D eigenvalue weighted by atomic mass is 16.6. The van der Waals surface area contributed by atoms with Gasteiger partial charge in [-0.25, -0.2) is 0 Å². The summed E-state index contributed by atoms with van der Waals surface area (Å²) in [6.45, 7) is 0.667. The van der Waals surface area contributed by atoms with Crippen molar-refractivity contribution in [2.24, 2.45) is 0 Å². The maximum absolute atomic E-state index is 12.2. The summed E-state index contributed by atoms with van der Waals surface area (Å²) in [4.78, 5) is 34.6. The summed E-state index contributed by atoms with van der Waals surface area (Å²) in [6, 6.07) is 10.2. The van der Waals surface area contributed by atoms with Crippen LogP contribution in [0.4, 0.5) is 22.7 Å². The van der Waals surface area contributed by atoms with Crippen molar-refractivity contribution in [3.63, 3.8) is 0 Å². The van der Waals surface area contributed by atoms with E-state index in [1.807, 2.05) is 0 Å². The van der Waals surface area contributed by atoms with Gasteiger partial charge in [0, 0.05) is 56.6 Å². The van der Waals surface area contributed by atoms with Crippen LogP contribution in [0, 0.1) is 20.2 Å². The molecular weight excluding hydrogens is 354 g/mol. The van der Waals surface area contributed by atoms with Crippen molar-refractivity contribution in [1.82, 2.24) is 5.32 Å². The van der Waals surface area contributed by atoms with Gasteiger partial charge in [-0.1, -0.05) is 0 Å². The number of benzene rings is 2. The molecule has 2 rings (SSSR count). The van der Waals surface area contributed by atoms with Crippen molar-refractivity contribution in [2.45, 2.75) is 0 Å². The smallest absolute Gasteiger partial charge is 0.293 e. The van der Waals surface area contributed by atoms with Gasteiger partial charge < -0.3 is 15.5 Å². The number of hydrogen-bond donors (Lipinski definition) is 2. The molecule has 142 valence electrons. The van der Waals surface area contributed by atoms with Crippen LogP contribution in [-0.2, 0) is 0 Å². The molecule has 0 aliphatic heterocycles. The average molecular weight is 373 g/mol. The van der Waals surface area contributed by atoms with Gasteiger partial charge in [-0.05, 0) is 24.3 Å². The quantitative estimate of drug-likeness (QED) is 0.413. The Kier molecular flexibility index (Phi) is 6.26. The van der Waals surface area contributed by atoms with Crippen molar-refractivity contribution >= 4 is 28.7 Å². The Morgan fingerprint density at radius 2 is 1.67 bits per heavy atom. The number of nitro groups is 2. The number of carbonyl (C=O) groups is 1. The lowest BCUT2D eigenvalue weighted by Gasteiger charge is -2.13. The summed E-state index contributed by atoms with van der Waals surface area (Å²) in [5.41, 5.74) is 1.15. The van der Waals surface area contributed by atoms with Crippen LogP contribution in [0.5, 0.6) is 0 Å². The van der Waals surface area contributed by atoms with E-state index in [0.717, 1.165) is 0 Å². The predicted molar refractivity (Wildman–Crippen MR) is 101 cm³/mol. The first-order valence-corrected chi connectivity index (χ1v) is 8.02. The largest absolute Gasteiger partial charge is 0.383 e. The second-order valence-electron chi connectivity index (χ2n) is 5.84. The second-order valence-corrected chi connectivity index (χ2v) is 5.84. The second kappa shape index (κ2) is 8.61. The van der Waals surface area contributed by atoms with E-state index in [2.05, 4.69) is 10.6 Å². The van der Waals surface area contributed by atoms with Gasteiger partial charge in [-0.2, -0.15) is 0 Å². The highest BCUT2D eigenvalue weighted by Crippen LogP contribution is 2.27. The molecule has 0 spiro atoms. The van der Waals surface area contributed by atoms with Crippen LogP contribution < -0.4 is 15.5 Å². The summed E-state index contributed by atoms with van der Waals surface area (Å²) in [5, 5.41) is 27.5. The lowest BCUT2D eigenvalue weighted by Crippen LogP contribution is -2.28. The Balaban J connectivity index is 1.91. The lowest BCUT2D eigenvalue weighted by molar-refractivity contribution is -0.384. The summed E-state index contributed by atoms with van der Waals surface area (Å²) in [7, 11) is 3.37. The number of carbonyl (C=O) groups excluding carboxylic acids is 1. The first kappa shape index (κ1) is 19.6. The molecular formula is C17H19N5O5. The van der Waals surface area contributed by atoms with Crippen LogP contribution in [0.15, 0.2) is 42.5 Å². The molecule has 2 aromatic carbocycles. The molecule has 0 fully saturated rings. The number of non-ortho nitro benzene ring substituents is 1. The number of nitro benzene ring substituents is 2. The number of hydrogen-bond acceptors (Lipinski definition) is 7. The minimum absolute atomic E-state index is 0.00313. The number of nitrogens with one attached hydrogen (secondary N) is 2. The van der Waals surface area contributed by atoms with Crippen LogP contribution in [-0.4, -0.2) is 42.9 Å². The minimum Gasteiger partial charge on any atom is -0.383 e. The number of rotatable bonds is 8. The van der Waals surface area contributed by atoms with Crippen LogP contribution in [0.2, 0.25) is 0 Å². The fourth-order valence-electron chi connectivity index (χ4n) is 2.38. The fourth-order valence-corrected chi connectivity index (χ4v) is 2.38. The van der Waals surface area contributed by atoms with E-state index in [-0.39, 0.29) is 23.5 Å². The van der Waals surface area contributed by atoms with Crippen LogP contribution in [0.3, 0.4) is 0 Å². The number of amides is 1. The van der Waals surface area contributed by atoms with Gasteiger partial charge in [0.25, 0.3) is 17.3 Å². The first-order valence-electron chi connectivity index (χ1n) is 8.02. The van der Waals surface area contributed by atoms with Crippen LogP contribution in [0.25, 0.3) is 0 Å². The molecule has 0 heterocycles. The Bertz CT molecular complexity index is 851. The van der Waals surface area contributed by atoms with Gasteiger partial charge >= 0.3 is 0 Å². The summed E-state index contributed by atoms with van der Waals surface area (Å²) in [6.07, 6.45) is 0. The molecule has 10 nitrogen and oxygen atoms in total. The maximum atomic E-state index is 12.2. The molecule has 2 N–H and O–H groups in total. The van der Waals surface area contributed by atoms with Crippen molar-refractivity contribution in [3.8, 4) is 0 Å². The van der Waals surface area contributed by atoms with Crippen molar-refractivity contribution < 1.29 is 14.6 Å². The number of nitrogens with zero attached hydrogens (tertiary/aromatic N) is 3. The molecule has 0 saturated carbocycles. The summed E-state index contributed by atoms with van der Waals surface area (Å²) < 4.78 is 0. The average Bonchev–Trinajstić information content (AvgIpc) is 2.64. The SMILES string of the molecule is CN(C)c1ccc(C(=O)NCCNc2ccc([N+](=O)[O-])cc2)cc1[N+](=O)[O-]. The lowest BCUT2D eigenvalue weighted by atomic mass is 10.1. The minimum atomic E-state index is -0.526. The summed E-state index contributed by atoms with van der Waals surface area (Å²) in [5.74, 6) is -0.422. The van der Waals surface area contributed by atoms with Crippen LogP contribution >= 0.6 is 0 Å². The third-order valence-electron chi connectivity index (χ3n) is 3.73. The van der Waals surface area contributed by atoms with E-state index in [9.17, 15) is 25.0 Å². The van der Waals surface area contributed by atoms with Gasteiger partial charge in [-0.3, -0.25) is 25.0 Å². The van der Waals surface area contributed by atoms with Gasteiger partial charge in [0.1, 0.15) is 5.69 Å². The van der Waals surface area contributed by atoms with Gasteiger partial charge in [0.05, 0.1) is 9.85 Å². The maximum Gasteiger partial charge on any atom is 0.293 e. The molecule has 0 unspecified atom stereocenters. The number of anilines is 2. The van der Waals surface area contributed by atoms with Gasteiger partial charge in [-0.15, -0.1) is 0 Å². The van der Waals surface area contributed by atoms with Gasteiger partial charge in [0.15, 0.2) is 0 Å². The first-order chi connectivity index (χ1) is 12.8. The fraction of sp³-hybridized carbons (Fsp3) is 0.235. The Labute approximate surface area is 155 Å². The van der Waals surface area contributed by atoms with E-state index >= 15 is 0 Å². The van der Waals surface area contributed by atoms with E-state index in [1.165, 1.54) is 30.3 Å². The molecule has 27 heavy (non-hydrogen) atoms. The third kappa shape index (κ3) is 5.14. The molecule has 0 radical (unpaired) electrons. The van der Waals surface area contributed by atoms with Crippen molar-refractivity contribution in [3.05, 3.63) is 68.3 Å². The van der Waals surface area contributed by atoms with Crippen molar-refractivity contribution in [1.29, 1.82) is 0 Å². The molecule has 0 aliphatic rings. The van der Waals surface area contributed by atoms with Crippen molar-refractivity contribution in [2.75, 3.05) is 37.4 Å². The Morgan fingerprint density at radius 1 is 1.00 bits per heavy atom. The van der Waals surface area contributed by atoms with E-state index in [0.29, 0.717) is 17.9 Å². The summed E-state index contributed by atoms with van der Waals surface area (Å²) >= 11 is 0. The molecule has 0 bridgehead atoms. The third-order valence-corrected chi connectivity index (χ3v) is 3.73. The van der Waals surface area contributed by atoms with Crippen LogP contribution in [0.1, 0.15) is 10.4 Å². The Hall–Kier alpha value is -3.69. The Morgan fingerprint density at radius 3 is 2.22 bits per heavy atom. The van der Waals surface area contributed by atoms with E-state index in [1.54, 1.807) is 31.1 Å². The molecule has 2 aromatic rings. The predicted octanol–water partition coefficient (Wildman–Crippen LogP) is 2.41. The van der Waals surface area contributed by atoms with Gasteiger partial charge in [0.2, 0.25) is 0 Å². The highest BCUT2D eigenvalue weighted by Gasteiger charge is 2.18. The monoisotopic (exact) mass is 373 g/mol.